The number of nitrogens with one attached hydrogen (secondary N) is 2. The molecule has 0 aromatic heterocycles. The van der Waals surface area contributed by atoms with Crippen LogP contribution in [0.3, 0.4) is 0 Å². The van der Waals surface area contributed by atoms with Gasteiger partial charge in [0.25, 0.3) is 0 Å². The Bertz CT molecular complexity index is 1210. The highest BCUT2D eigenvalue weighted by molar-refractivity contribution is 5.99. The number of esters is 2. The molecule has 11 nitrogen and oxygen atoms in total. The van der Waals surface area contributed by atoms with Gasteiger partial charge in [-0.25, -0.2) is 14.4 Å². The molecule has 0 bridgehead atoms. The molecule has 1 atom stereocenters. The molecule has 0 spiro atoms. The number of ether oxygens (including phenoxy) is 4. The monoisotopic (exact) mass is 495 g/mol. The molecule has 188 valence electrons. The van der Waals surface area contributed by atoms with Crippen LogP contribution >= 0.6 is 0 Å². The Labute approximate surface area is 207 Å². The molecule has 2 heterocycles. The molecule has 2 aromatic rings. The van der Waals surface area contributed by atoms with E-state index in [1.54, 1.807) is 56.3 Å². The maximum Gasteiger partial charge on any atom is 0.347 e. The summed E-state index contributed by atoms with van der Waals surface area (Å²) >= 11 is 0. The Morgan fingerprint density at radius 3 is 2.64 bits per heavy atom. The molecule has 2 amide bonds. The highest BCUT2D eigenvalue weighted by Crippen LogP contribution is 2.32. The van der Waals surface area contributed by atoms with E-state index in [1.165, 1.54) is 0 Å². The zero-order chi connectivity index (χ0) is 25.5. The minimum absolute atomic E-state index is 0.124. The van der Waals surface area contributed by atoms with Crippen molar-refractivity contribution in [1.82, 2.24) is 10.6 Å². The second-order valence-electron chi connectivity index (χ2n) is 7.73. The number of hydrogen-bond acceptors (Lipinski definition) is 9. The van der Waals surface area contributed by atoms with Crippen LogP contribution in [0.2, 0.25) is 0 Å². The lowest BCUT2D eigenvalue weighted by molar-refractivity contribution is -0.148. The number of rotatable bonds is 9. The number of amides is 2. The molecule has 0 aliphatic carbocycles. The second kappa shape index (κ2) is 11.3. The summed E-state index contributed by atoms with van der Waals surface area (Å²) in [4.78, 5) is 42.4. The highest BCUT2D eigenvalue weighted by atomic mass is 16.7. The van der Waals surface area contributed by atoms with Gasteiger partial charge in [0, 0.05) is 5.56 Å². The fourth-order valence-corrected chi connectivity index (χ4v) is 3.63. The van der Waals surface area contributed by atoms with Crippen molar-refractivity contribution >= 4 is 23.7 Å². The lowest BCUT2D eigenvalue weighted by atomic mass is 9.95. The van der Waals surface area contributed by atoms with Crippen molar-refractivity contribution in [3.05, 3.63) is 70.9 Å². The summed E-state index contributed by atoms with van der Waals surface area (Å²) in [5, 5.41) is 9.19. The summed E-state index contributed by atoms with van der Waals surface area (Å²) in [6.45, 7) is 2.85. The highest BCUT2D eigenvalue weighted by Gasteiger charge is 2.34. The quantitative estimate of drug-likeness (QED) is 0.308. The van der Waals surface area contributed by atoms with Gasteiger partial charge in [-0.3, -0.25) is 0 Å². The minimum Gasteiger partial charge on any atom is -0.463 e. The lowest BCUT2D eigenvalue weighted by Gasteiger charge is -2.29. The Morgan fingerprint density at radius 2 is 1.86 bits per heavy atom. The van der Waals surface area contributed by atoms with E-state index in [0.717, 1.165) is 5.56 Å². The van der Waals surface area contributed by atoms with Crippen molar-refractivity contribution in [2.45, 2.75) is 19.9 Å². The Kier molecular flexibility index (Phi) is 7.69. The van der Waals surface area contributed by atoms with Gasteiger partial charge in [-0.2, -0.15) is 0 Å². The first-order valence-electron chi connectivity index (χ1n) is 11.2. The first-order valence-corrected chi connectivity index (χ1v) is 11.2. The fraction of sp³-hybridized carbons (Fsp3) is 0.280. The lowest BCUT2D eigenvalue weighted by Crippen LogP contribution is -2.47. The average Bonchev–Trinajstić information content (AvgIpc) is 3.35. The van der Waals surface area contributed by atoms with Crippen LogP contribution in [0.1, 0.15) is 31.0 Å². The van der Waals surface area contributed by atoms with E-state index in [4.69, 9.17) is 23.8 Å². The van der Waals surface area contributed by atoms with Crippen LogP contribution in [0.15, 0.2) is 65.0 Å². The zero-order valence-corrected chi connectivity index (χ0v) is 19.7. The third-order valence-electron chi connectivity index (χ3n) is 5.33. The topological polar surface area (TPSA) is 134 Å². The largest absolute Gasteiger partial charge is 0.463 e. The predicted octanol–water partition coefficient (Wildman–Crippen LogP) is 2.57. The van der Waals surface area contributed by atoms with Gasteiger partial charge in [-0.15, -0.1) is 0 Å². The number of urea groups is 1. The zero-order valence-electron chi connectivity index (χ0n) is 19.7. The van der Waals surface area contributed by atoms with Crippen molar-refractivity contribution in [2.24, 2.45) is 5.16 Å². The van der Waals surface area contributed by atoms with Crippen molar-refractivity contribution in [3.63, 3.8) is 0 Å². The van der Waals surface area contributed by atoms with E-state index in [2.05, 4.69) is 15.8 Å². The van der Waals surface area contributed by atoms with Gasteiger partial charge in [0.15, 0.2) is 11.5 Å². The number of fused-ring (bicyclic) bond motifs is 1. The molecule has 0 saturated heterocycles. The molecule has 11 heteroatoms. The van der Waals surface area contributed by atoms with Gasteiger partial charge >= 0.3 is 18.0 Å². The van der Waals surface area contributed by atoms with E-state index < -0.39 is 30.6 Å². The average molecular weight is 495 g/mol. The van der Waals surface area contributed by atoms with Crippen LogP contribution in [0.5, 0.6) is 11.5 Å². The fourth-order valence-electron chi connectivity index (χ4n) is 3.63. The van der Waals surface area contributed by atoms with Gasteiger partial charge in [-0.05, 0) is 37.6 Å². The number of oxime groups is 1. The van der Waals surface area contributed by atoms with Gasteiger partial charge in [-0.1, -0.05) is 35.5 Å². The number of nitrogens with zero attached hydrogens (tertiary/aromatic N) is 1. The summed E-state index contributed by atoms with van der Waals surface area (Å²) in [5.41, 5.74) is 2.20. The van der Waals surface area contributed by atoms with E-state index in [-0.39, 0.29) is 31.3 Å². The molecule has 1 unspecified atom stereocenters. The number of hydrogen-bond donors (Lipinski definition) is 2. The van der Waals surface area contributed by atoms with E-state index in [1.807, 2.05) is 6.07 Å². The molecule has 2 aliphatic rings. The third-order valence-corrected chi connectivity index (χ3v) is 5.33. The molecular weight excluding hydrogens is 470 g/mol. The van der Waals surface area contributed by atoms with Gasteiger partial charge < -0.3 is 34.4 Å². The van der Waals surface area contributed by atoms with Crippen LogP contribution in [0.25, 0.3) is 0 Å². The molecule has 36 heavy (non-hydrogen) atoms. The smallest absolute Gasteiger partial charge is 0.347 e. The van der Waals surface area contributed by atoms with Crippen LogP contribution in [0.4, 0.5) is 4.79 Å². The number of carbonyl (C=O) groups is 3. The Morgan fingerprint density at radius 1 is 1.08 bits per heavy atom. The van der Waals surface area contributed by atoms with Crippen molar-refractivity contribution in [3.8, 4) is 11.5 Å². The normalized spacial score (nSPS) is 16.7. The van der Waals surface area contributed by atoms with Gasteiger partial charge in [0.2, 0.25) is 13.4 Å². The van der Waals surface area contributed by atoms with Crippen LogP contribution < -0.4 is 20.1 Å². The Hall–Kier alpha value is -4.54. The molecule has 2 aromatic carbocycles. The maximum absolute atomic E-state index is 12.7. The summed E-state index contributed by atoms with van der Waals surface area (Å²) in [7, 11) is 0. The molecule has 4 rings (SSSR count). The summed E-state index contributed by atoms with van der Waals surface area (Å²) in [5.74, 6) is -0.126. The second-order valence-corrected chi connectivity index (χ2v) is 7.73. The summed E-state index contributed by atoms with van der Waals surface area (Å²) in [6, 6.07) is 12.9. The molecule has 0 radical (unpaired) electrons. The van der Waals surface area contributed by atoms with Crippen LogP contribution in [-0.2, 0) is 23.9 Å². The summed E-state index contributed by atoms with van der Waals surface area (Å²) < 4.78 is 21.0. The molecule has 0 fully saturated rings. The van der Waals surface area contributed by atoms with Crippen LogP contribution in [0, 0.1) is 0 Å². The predicted molar refractivity (Wildman–Crippen MR) is 126 cm³/mol. The Balaban J connectivity index is 1.41. The maximum atomic E-state index is 12.7. The van der Waals surface area contributed by atoms with Crippen molar-refractivity contribution < 1.29 is 38.2 Å². The molecule has 2 aliphatic heterocycles. The van der Waals surface area contributed by atoms with Gasteiger partial charge in [0.1, 0.15) is 6.61 Å². The van der Waals surface area contributed by atoms with E-state index in [9.17, 15) is 14.4 Å². The number of benzene rings is 2. The van der Waals surface area contributed by atoms with Gasteiger partial charge in [0.05, 0.1) is 29.6 Å². The minimum atomic E-state index is -0.766. The first-order chi connectivity index (χ1) is 17.5. The third kappa shape index (κ3) is 5.74. The van der Waals surface area contributed by atoms with Crippen LogP contribution in [-0.4, -0.2) is 50.3 Å². The van der Waals surface area contributed by atoms with E-state index >= 15 is 0 Å². The molecular formula is C25H25N3O8. The molecule has 0 saturated carbocycles. The standard InChI is InChI=1S/C25H25N3O8/c1-3-32-24(30)22-18(26-25(31)27-23(22)16-7-5-4-6-8-16)12-33-21(29)13-36-28-15(2)17-9-10-19-20(11-17)35-14-34-19/h4-11,23H,3,12-14H2,1-2H3,(H2,26,27,31)/b28-15+. The first kappa shape index (κ1) is 24.6. The SMILES string of the molecule is CCOC(=O)C1=C(COC(=O)CO/N=C(\C)c2ccc3c(c2)OCO3)NC(=O)NC1c1ccccc1. The summed E-state index contributed by atoms with van der Waals surface area (Å²) in [6.07, 6.45) is 0. The van der Waals surface area contributed by atoms with E-state index in [0.29, 0.717) is 22.8 Å². The molecule has 2 N–H and O–H groups in total. The van der Waals surface area contributed by atoms with Crippen molar-refractivity contribution in [1.29, 1.82) is 0 Å². The number of carbonyl (C=O) groups excluding carboxylic acids is 3. The van der Waals surface area contributed by atoms with Crippen molar-refractivity contribution in [2.75, 3.05) is 26.6 Å².